The van der Waals surface area contributed by atoms with E-state index < -0.39 is 12.0 Å². The van der Waals surface area contributed by atoms with Crippen molar-refractivity contribution < 1.29 is 14.7 Å². The van der Waals surface area contributed by atoms with Crippen LogP contribution in [0.25, 0.3) is 10.9 Å². The molecule has 1 aromatic heterocycles. The second kappa shape index (κ2) is 7.00. The molecule has 1 amide bonds. The average molecular weight is 371 g/mol. The lowest BCUT2D eigenvalue weighted by Crippen LogP contribution is -2.42. The van der Waals surface area contributed by atoms with Crippen molar-refractivity contribution in [2.45, 2.75) is 18.9 Å². The number of aromatic amines is 1. The predicted octanol–water partition coefficient (Wildman–Crippen LogP) is 2.36. The highest BCUT2D eigenvalue weighted by molar-refractivity contribution is 9.10. The van der Waals surface area contributed by atoms with Gasteiger partial charge in [0.05, 0.1) is 0 Å². The number of fused-ring (bicyclic) bond motifs is 1. The van der Waals surface area contributed by atoms with E-state index in [1.54, 1.807) is 6.20 Å². The van der Waals surface area contributed by atoms with Gasteiger partial charge < -0.3 is 15.4 Å². The van der Waals surface area contributed by atoms with E-state index in [1.165, 1.54) is 0 Å². The number of rotatable bonds is 6. The lowest BCUT2D eigenvalue weighted by Gasteiger charge is -2.14. The number of thiol groups is 1. The minimum absolute atomic E-state index is 0.201. The third-order valence-corrected chi connectivity index (χ3v) is 3.84. The van der Waals surface area contributed by atoms with Crippen molar-refractivity contribution in [2.24, 2.45) is 0 Å². The van der Waals surface area contributed by atoms with Crippen molar-refractivity contribution in [1.29, 1.82) is 0 Å². The summed E-state index contributed by atoms with van der Waals surface area (Å²) < 4.78 is 0.918. The number of nitrogens with one attached hydrogen (secondary N) is 2. The van der Waals surface area contributed by atoms with Gasteiger partial charge in [-0.15, -0.1) is 0 Å². The summed E-state index contributed by atoms with van der Waals surface area (Å²) in [6, 6.07) is 4.80. The lowest BCUT2D eigenvalue weighted by molar-refractivity contribution is -0.141. The monoisotopic (exact) mass is 370 g/mol. The maximum Gasteiger partial charge on any atom is 0.326 e. The van der Waals surface area contributed by atoms with Gasteiger partial charge in [-0.2, -0.15) is 12.6 Å². The first-order valence-electron chi connectivity index (χ1n) is 6.40. The van der Waals surface area contributed by atoms with E-state index >= 15 is 0 Å². The summed E-state index contributed by atoms with van der Waals surface area (Å²) in [4.78, 5) is 26.0. The molecule has 0 spiro atoms. The van der Waals surface area contributed by atoms with Gasteiger partial charge in [0.1, 0.15) is 6.04 Å². The molecule has 5 nitrogen and oxygen atoms in total. The molecule has 0 saturated carbocycles. The first kappa shape index (κ1) is 15.9. The average Bonchev–Trinajstić information content (AvgIpc) is 2.80. The van der Waals surface area contributed by atoms with Gasteiger partial charge >= 0.3 is 5.97 Å². The van der Waals surface area contributed by atoms with Crippen LogP contribution in [0.15, 0.2) is 28.9 Å². The zero-order valence-electron chi connectivity index (χ0n) is 11.1. The van der Waals surface area contributed by atoms with Crippen molar-refractivity contribution in [3.8, 4) is 0 Å². The van der Waals surface area contributed by atoms with Crippen LogP contribution < -0.4 is 5.32 Å². The molecule has 2 rings (SSSR count). The zero-order chi connectivity index (χ0) is 15.4. The topological polar surface area (TPSA) is 82.2 Å². The summed E-state index contributed by atoms with van der Waals surface area (Å²) in [6.07, 6.45) is 2.20. The molecule has 0 aliphatic heterocycles. The summed E-state index contributed by atoms with van der Waals surface area (Å²) in [5.74, 6) is -0.969. The van der Waals surface area contributed by atoms with Crippen LogP contribution in [0.2, 0.25) is 0 Å². The normalized spacial score (nSPS) is 12.3. The van der Waals surface area contributed by atoms with E-state index in [9.17, 15) is 14.7 Å². The molecule has 3 N–H and O–H groups in total. The molecule has 2 aromatic rings. The molecule has 0 aliphatic carbocycles. The first-order chi connectivity index (χ1) is 10.0. The number of aromatic nitrogens is 1. The Morgan fingerprint density at radius 2 is 2.19 bits per heavy atom. The number of aliphatic carboxylic acids is 1. The lowest BCUT2D eigenvalue weighted by atomic mass is 10.0. The second-order valence-electron chi connectivity index (χ2n) is 4.64. The standard InChI is InChI=1S/C14H15BrN2O3S/c15-9-1-2-11-10(6-9)8(7-16-11)5-12(14(19)20)17-13(18)3-4-21/h1-2,6-7,12,16,21H,3-5H2,(H,17,18)(H,19,20). The Labute approximate surface area is 135 Å². The van der Waals surface area contributed by atoms with Crippen molar-refractivity contribution >= 4 is 51.3 Å². The number of carboxylic acid groups (broad SMARTS) is 1. The van der Waals surface area contributed by atoms with Gasteiger partial charge in [0.2, 0.25) is 5.91 Å². The first-order valence-corrected chi connectivity index (χ1v) is 7.82. The number of carbonyl (C=O) groups is 2. The Balaban J connectivity index is 2.20. The third-order valence-electron chi connectivity index (χ3n) is 3.13. The van der Waals surface area contributed by atoms with E-state index in [2.05, 4.69) is 38.9 Å². The minimum atomic E-state index is -1.05. The molecule has 0 fully saturated rings. The van der Waals surface area contributed by atoms with Gasteiger partial charge in [-0.05, 0) is 29.5 Å². The quantitative estimate of drug-likeness (QED) is 0.589. The van der Waals surface area contributed by atoms with E-state index in [0.717, 1.165) is 20.9 Å². The van der Waals surface area contributed by atoms with Gasteiger partial charge in [0, 0.05) is 34.4 Å². The predicted molar refractivity (Wildman–Crippen MR) is 87.7 cm³/mol. The van der Waals surface area contributed by atoms with Crippen LogP contribution >= 0.6 is 28.6 Å². The fourth-order valence-electron chi connectivity index (χ4n) is 2.11. The van der Waals surface area contributed by atoms with Gasteiger partial charge in [-0.3, -0.25) is 4.79 Å². The summed E-state index contributed by atoms with van der Waals surface area (Å²) >= 11 is 7.36. The fraction of sp³-hybridized carbons (Fsp3) is 0.286. The Morgan fingerprint density at radius 1 is 1.43 bits per heavy atom. The van der Waals surface area contributed by atoms with Gasteiger partial charge in [0.15, 0.2) is 0 Å². The second-order valence-corrected chi connectivity index (χ2v) is 6.00. The number of carbonyl (C=O) groups excluding carboxylic acids is 1. The molecule has 0 aliphatic rings. The van der Waals surface area contributed by atoms with Crippen LogP contribution in [0.5, 0.6) is 0 Å². The number of H-pyrrole nitrogens is 1. The maximum absolute atomic E-state index is 11.6. The van der Waals surface area contributed by atoms with Crippen LogP contribution in [0, 0.1) is 0 Å². The molecule has 1 aromatic carbocycles. The van der Waals surface area contributed by atoms with E-state index in [1.807, 2.05) is 18.2 Å². The van der Waals surface area contributed by atoms with Crippen molar-refractivity contribution in [2.75, 3.05) is 5.75 Å². The number of carboxylic acids is 1. The highest BCUT2D eigenvalue weighted by Gasteiger charge is 2.21. The molecule has 0 bridgehead atoms. The SMILES string of the molecule is O=C(CCS)NC(Cc1c[nH]c2ccc(Br)cc12)C(=O)O. The Bertz CT molecular complexity index is 671. The highest BCUT2D eigenvalue weighted by atomic mass is 79.9. The molecular formula is C14H15BrN2O3S. The van der Waals surface area contributed by atoms with Crippen LogP contribution in [0.1, 0.15) is 12.0 Å². The van der Waals surface area contributed by atoms with E-state index in [-0.39, 0.29) is 18.7 Å². The van der Waals surface area contributed by atoms with Gasteiger partial charge in [0.25, 0.3) is 0 Å². The minimum Gasteiger partial charge on any atom is -0.480 e. The summed E-state index contributed by atoms with van der Waals surface area (Å²) in [6.45, 7) is 0. The van der Waals surface area contributed by atoms with Crippen molar-refractivity contribution in [1.82, 2.24) is 10.3 Å². The molecule has 1 atom stereocenters. The molecule has 0 radical (unpaired) electrons. The smallest absolute Gasteiger partial charge is 0.326 e. The van der Waals surface area contributed by atoms with Crippen molar-refractivity contribution in [3.05, 3.63) is 34.4 Å². The number of halogens is 1. The summed E-state index contributed by atoms with van der Waals surface area (Å²) in [5, 5.41) is 12.7. The molecule has 112 valence electrons. The van der Waals surface area contributed by atoms with Crippen molar-refractivity contribution in [3.63, 3.8) is 0 Å². The highest BCUT2D eigenvalue weighted by Crippen LogP contribution is 2.23. The fourth-order valence-corrected chi connectivity index (χ4v) is 2.67. The molecule has 1 unspecified atom stereocenters. The Hall–Kier alpha value is -1.47. The van der Waals surface area contributed by atoms with Crippen LogP contribution in [-0.4, -0.2) is 33.8 Å². The van der Waals surface area contributed by atoms with E-state index in [4.69, 9.17) is 0 Å². The Kier molecular flexibility index (Phi) is 5.30. The molecule has 21 heavy (non-hydrogen) atoms. The number of hydrogen-bond acceptors (Lipinski definition) is 3. The molecule has 7 heteroatoms. The Morgan fingerprint density at radius 3 is 2.86 bits per heavy atom. The van der Waals surface area contributed by atoms with Crippen LogP contribution in [0.4, 0.5) is 0 Å². The molecule has 1 heterocycles. The van der Waals surface area contributed by atoms with E-state index in [0.29, 0.717) is 5.75 Å². The molecule has 0 saturated heterocycles. The number of benzene rings is 1. The largest absolute Gasteiger partial charge is 0.480 e. The zero-order valence-corrected chi connectivity index (χ0v) is 13.6. The summed E-state index contributed by atoms with van der Waals surface area (Å²) in [5.41, 5.74) is 1.78. The number of hydrogen-bond donors (Lipinski definition) is 4. The third kappa shape index (κ3) is 4.01. The van der Waals surface area contributed by atoms with Crippen LogP contribution in [-0.2, 0) is 16.0 Å². The molecular weight excluding hydrogens is 356 g/mol. The van der Waals surface area contributed by atoms with Gasteiger partial charge in [-0.1, -0.05) is 15.9 Å². The van der Waals surface area contributed by atoms with Gasteiger partial charge in [-0.25, -0.2) is 4.79 Å². The summed E-state index contributed by atoms with van der Waals surface area (Å²) in [7, 11) is 0. The number of amides is 1. The van der Waals surface area contributed by atoms with Crippen LogP contribution in [0.3, 0.4) is 0 Å². The maximum atomic E-state index is 11.6.